The standard InChI is InChI=1S/C22H29N3O2/c1-3-18-8-10-19(11-9-18)16-23(2)22(27)17-24-12-14-25(15-13-24)20-6-4-5-7-21(20)26/h4-11,26H,3,12-17H2,1-2H3. The molecule has 1 saturated heterocycles. The number of aromatic hydroxyl groups is 1. The number of likely N-dealkylation sites (N-methyl/N-ethyl adjacent to an activating group) is 1. The number of benzene rings is 2. The van der Waals surface area contributed by atoms with E-state index in [2.05, 4.69) is 41.0 Å². The van der Waals surface area contributed by atoms with Crippen molar-refractivity contribution in [3.8, 4) is 5.75 Å². The maximum Gasteiger partial charge on any atom is 0.236 e. The van der Waals surface area contributed by atoms with Gasteiger partial charge in [-0.1, -0.05) is 43.3 Å². The number of amides is 1. The Labute approximate surface area is 161 Å². The highest BCUT2D eigenvalue weighted by Crippen LogP contribution is 2.27. The van der Waals surface area contributed by atoms with Crippen molar-refractivity contribution in [1.82, 2.24) is 9.80 Å². The Bertz CT molecular complexity index is 752. The van der Waals surface area contributed by atoms with Gasteiger partial charge in [0, 0.05) is 39.8 Å². The Morgan fingerprint density at radius 1 is 1.00 bits per heavy atom. The van der Waals surface area contributed by atoms with Crippen LogP contribution in [0.1, 0.15) is 18.1 Å². The van der Waals surface area contributed by atoms with Crippen molar-refractivity contribution >= 4 is 11.6 Å². The Kier molecular flexibility index (Phi) is 6.35. The molecule has 2 aromatic rings. The number of nitrogens with zero attached hydrogens (tertiary/aromatic N) is 3. The van der Waals surface area contributed by atoms with E-state index in [9.17, 15) is 9.90 Å². The predicted octanol–water partition coefficient (Wildman–Crippen LogP) is 2.74. The van der Waals surface area contributed by atoms with Gasteiger partial charge in [0.1, 0.15) is 5.75 Å². The Balaban J connectivity index is 1.47. The Morgan fingerprint density at radius 2 is 1.63 bits per heavy atom. The van der Waals surface area contributed by atoms with E-state index < -0.39 is 0 Å². The molecule has 0 aliphatic carbocycles. The van der Waals surface area contributed by atoms with Crippen molar-refractivity contribution < 1.29 is 9.90 Å². The molecule has 0 saturated carbocycles. The highest BCUT2D eigenvalue weighted by Gasteiger charge is 2.21. The van der Waals surface area contributed by atoms with E-state index in [1.165, 1.54) is 5.56 Å². The zero-order valence-electron chi connectivity index (χ0n) is 16.3. The summed E-state index contributed by atoms with van der Waals surface area (Å²) in [6.07, 6.45) is 1.03. The fourth-order valence-corrected chi connectivity index (χ4v) is 3.43. The molecule has 1 aliphatic rings. The second kappa shape index (κ2) is 8.91. The normalized spacial score (nSPS) is 15.0. The van der Waals surface area contributed by atoms with Gasteiger partial charge in [-0.2, -0.15) is 0 Å². The monoisotopic (exact) mass is 367 g/mol. The lowest BCUT2D eigenvalue weighted by Gasteiger charge is -2.36. The average molecular weight is 367 g/mol. The quantitative estimate of drug-likeness (QED) is 0.853. The van der Waals surface area contributed by atoms with Crippen LogP contribution in [0.2, 0.25) is 0 Å². The molecule has 0 spiro atoms. The van der Waals surface area contributed by atoms with Gasteiger partial charge in [0.15, 0.2) is 0 Å². The topological polar surface area (TPSA) is 47.0 Å². The van der Waals surface area contributed by atoms with E-state index in [0.29, 0.717) is 18.8 Å². The van der Waals surface area contributed by atoms with Crippen LogP contribution in [-0.2, 0) is 17.8 Å². The maximum atomic E-state index is 12.6. The molecule has 5 heteroatoms. The summed E-state index contributed by atoms with van der Waals surface area (Å²) in [7, 11) is 1.87. The van der Waals surface area contributed by atoms with Crippen molar-refractivity contribution in [2.24, 2.45) is 0 Å². The van der Waals surface area contributed by atoms with Gasteiger partial charge < -0.3 is 14.9 Å². The van der Waals surface area contributed by atoms with Crippen LogP contribution < -0.4 is 4.90 Å². The number of carbonyl (C=O) groups excluding carboxylic acids is 1. The number of phenolic OH excluding ortho intramolecular Hbond substituents is 1. The number of piperazine rings is 1. The molecule has 1 heterocycles. The van der Waals surface area contributed by atoms with Crippen LogP contribution in [0, 0.1) is 0 Å². The molecule has 1 fully saturated rings. The van der Waals surface area contributed by atoms with Crippen molar-refractivity contribution in [3.63, 3.8) is 0 Å². The molecular formula is C22H29N3O2. The first-order chi connectivity index (χ1) is 13.1. The Morgan fingerprint density at radius 3 is 2.26 bits per heavy atom. The summed E-state index contributed by atoms with van der Waals surface area (Å²) in [4.78, 5) is 18.7. The van der Waals surface area contributed by atoms with Gasteiger partial charge >= 0.3 is 0 Å². The molecule has 0 atom stereocenters. The van der Waals surface area contributed by atoms with Crippen molar-refractivity contribution in [2.75, 3.05) is 44.7 Å². The zero-order chi connectivity index (χ0) is 19.2. The highest BCUT2D eigenvalue weighted by molar-refractivity contribution is 5.78. The number of hydrogen-bond donors (Lipinski definition) is 1. The van der Waals surface area contributed by atoms with E-state index >= 15 is 0 Å². The van der Waals surface area contributed by atoms with Gasteiger partial charge in [0.05, 0.1) is 12.2 Å². The number of hydrogen-bond acceptors (Lipinski definition) is 4. The Hall–Kier alpha value is -2.53. The van der Waals surface area contributed by atoms with Crippen molar-refractivity contribution in [1.29, 1.82) is 0 Å². The third kappa shape index (κ3) is 5.01. The summed E-state index contributed by atoms with van der Waals surface area (Å²) < 4.78 is 0. The first-order valence-corrected chi connectivity index (χ1v) is 9.64. The van der Waals surface area contributed by atoms with Crippen LogP contribution in [0.3, 0.4) is 0 Å². The maximum absolute atomic E-state index is 12.6. The number of carbonyl (C=O) groups is 1. The summed E-state index contributed by atoms with van der Waals surface area (Å²) in [5.41, 5.74) is 3.35. The van der Waals surface area contributed by atoms with E-state index in [0.717, 1.165) is 43.9 Å². The summed E-state index contributed by atoms with van der Waals surface area (Å²) in [6.45, 7) is 6.49. The summed E-state index contributed by atoms with van der Waals surface area (Å²) >= 11 is 0. The molecular weight excluding hydrogens is 338 g/mol. The number of rotatable bonds is 6. The molecule has 2 aromatic carbocycles. The third-order valence-corrected chi connectivity index (χ3v) is 5.23. The number of aryl methyl sites for hydroxylation is 1. The van der Waals surface area contributed by atoms with E-state index in [1.54, 1.807) is 11.0 Å². The largest absolute Gasteiger partial charge is 0.506 e. The smallest absolute Gasteiger partial charge is 0.236 e. The molecule has 0 bridgehead atoms. The van der Waals surface area contributed by atoms with Gasteiger partial charge in [0.25, 0.3) is 0 Å². The lowest BCUT2D eigenvalue weighted by molar-refractivity contribution is -0.131. The minimum absolute atomic E-state index is 0.144. The second-order valence-electron chi connectivity index (χ2n) is 7.17. The number of phenols is 1. The van der Waals surface area contributed by atoms with Crippen LogP contribution in [0.4, 0.5) is 5.69 Å². The van der Waals surface area contributed by atoms with Gasteiger partial charge in [-0.25, -0.2) is 0 Å². The van der Waals surface area contributed by atoms with Crippen LogP contribution in [0.5, 0.6) is 5.75 Å². The molecule has 27 heavy (non-hydrogen) atoms. The fourth-order valence-electron chi connectivity index (χ4n) is 3.43. The highest BCUT2D eigenvalue weighted by atomic mass is 16.3. The summed E-state index contributed by atoms with van der Waals surface area (Å²) in [5, 5.41) is 10.0. The SMILES string of the molecule is CCc1ccc(CN(C)C(=O)CN2CCN(c3ccccc3O)CC2)cc1. The summed E-state index contributed by atoms with van der Waals surface area (Å²) in [6, 6.07) is 15.9. The minimum Gasteiger partial charge on any atom is -0.506 e. The summed E-state index contributed by atoms with van der Waals surface area (Å²) in [5.74, 6) is 0.460. The number of para-hydroxylation sites is 2. The molecule has 0 aromatic heterocycles. The molecule has 1 amide bonds. The molecule has 1 N–H and O–H groups in total. The molecule has 144 valence electrons. The molecule has 5 nitrogen and oxygen atoms in total. The lowest BCUT2D eigenvalue weighted by atomic mass is 10.1. The first kappa shape index (κ1) is 19.2. The fraction of sp³-hybridized carbons (Fsp3) is 0.409. The molecule has 0 unspecified atom stereocenters. The minimum atomic E-state index is 0.144. The average Bonchev–Trinajstić information content (AvgIpc) is 2.69. The van der Waals surface area contributed by atoms with Crippen molar-refractivity contribution in [2.45, 2.75) is 19.9 Å². The third-order valence-electron chi connectivity index (χ3n) is 5.23. The molecule has 3 rings (SSSR count). The van der Waals surface area contributed by atoms with Gasteiger partial charge in [0.2, 0.25) is 5.91 Å². The van der Waals surface area contributed by atoms with E-state index in [1.807, 2.05) is 25.2 Å². The second-order valence-corrected chi connectivity index (χ2v) is 7.17. The van der Waals surface area contributed by atoms with Gasteiger partial charge in [-0.05, 0) is 29.7 Å². The van der Waals surface area contributed by atoms with Gasteiger partial charge in [-0.15, -0.1) is 0 Å². The zero-order valence-corrected chi connectivity index (χ0v) is 16.3. The lowest BCUT2D eigenvalue weighted by Crippen LogP contribution is -2.49. The van der Waals surface area contributed by atoms with Crippen LogP contribution in [0.25, 0.3) is 0 Å². The van der Waals surface area contributed by atoms with Crippen molar-refractivity contribution in [3.05, 3.63) is 59.7 Å². The van der Waals surface area contributed by atoms with Crippen LogP contribution >= 0.6 is 0 Å². The predicted molar refractivity (Wildman–Crippen MR) is 109 cm³/mol. The van der Waals surface area contributed by atoms with E-state index in [-0.39, 0.29) is 5.91 Å². The van der Waals surface area contributed by atoms with Crippen LogP contribution in [-0.4, -0.2) is 60.6 Å². The van der Waals surface area contributed by atoms with Gasteiger partial charge in [-0.3, -0.25) is 9.69 Å². The molecule has 1 aliphatic heterocycles. The first-order valence-electron chi connectivity index (χ1n) is 9.64. The number of anilines is 1. The molecule has 0 radical (unpaired) electrons. The van der Waals surface area contributed by atoms with E-state index in [4.69, 9.17) is 0 Å². The van der Waals surface area contributed by atoms with Crippen LogP contribution in [0.15, 0.2) is 48.5 Å².